The van der Waals surface area contributed by atoms with Crippen molar-refractivity contribution in [3.05, 3.63) is 29.8 Å². The number of hydrogen-bond donors (Lipinski definition) is 2. The Morgan fingerprint density at radius 3 is 2.89 bits per heavy atom. The van der Waals surface area contributed by atoms with Crippen LogP contribution in [-0.2, 0) is 10.2 Å². The minimum atomic E-state index is -0.925. The van der Waals surface area contributed by atoms with Gasteiger partial charge in [-0.25, -0.2) is 0 Å². The zero-order valence-electron chi connectivity index (χ0n) is 10.4. The van der Waals surface area contributed by atoms with Crippen molar-refractivity contribution in [2.45, 2.75) is 37.7 Å². The SMILES string of the molecule is CC(O)CCC1(C(=O)O)CCOc2ccccc21. The zero-order valence-corrected chi connectivity index (χ0v) is 10.4. The summed E-state index contributed by atoms with van der Waals surface area (Å²) in [5.74, 6) is -0.185. The van der Waals surface area contributed by atoms with Crippen LogP contribution >= 0.6 is 0 Å². The largest absolute Gasteiger partial charge is 0.493 e. The number of fused-ring (bicyclic) bond motifs is 1. The molecule has 2 rings (SSSR count). The smallest absolute Gasteiger partial charge is 0.314 e. The molecule has 0 saturated carbocycles. The van der Waals surface area contributed by atoms with Crippen LogP contribution in [0, 0.1) is 0 Å². The van der Waals surface area contributed by atoms with E-state index in [9.17, 15) is 15.0 Å². The lowest BCUT2D eigenvalue weighted by Crippen LogP contribution is -2.41. The maximum Gasteiger partial charge on any atom is 0.314 e. The number of aliphatic carboxylic acids is 1. The van der Waals surface area contributed by atoms with Crippen molar-refractivity contribution in [1.82, 2.24) is 0 Å². The van der Waals surface area contributed by atoms with E-state index >= 15 is 0 Å². The summed E-state index contributed by atoms with van der Waals surface area (Å²) in [6, 6.07) is 7.28. The average Bonchev–Trinajstić information content (AvgIpc) is 2.36. The highest BCUT2D eigenvalue weighted by atomic mass is 16.5. The molecule has 1 aliphatic heterocycles. The summed E-state index contributed by atoms with van der Waals surface area (Å²) in [5, 5.41) is 19.0. The van der Waals surface area contributed by atoms with Crippen molar-refractivity contribution >= 4 is 5.97 Å². The number of hydrogen-bond acceptors (Lipinski definition) is 3. The van der Waals surface area contributed by atoms with Gasteiger partial charge in [-0.2, -0.15) is 0 Å². The van der Waals surface area contributed by atoms with Crippen molar-refractivity contribution in [3.8, 4) is 5.75 Å². The molecule has 1 aromatic carbocycles. The van der Waals surface area contributed by atoms with Crippen LogP contribution in [0.1, 0.15) is 31.7 Å². The first-order chi connectivity index (χ1) is 8.56. The number of para-hydroxylation sites is 1. The topological polar surface area (TPSA) is 66.8 Å². The normalized spacial score (nSPS) is 23.9. The Morgan fingerprint density at radius 1 is 1.50 bits per heavy atom. The fourth-order valence-electron chi connectivity index (χ4n) is 2.50. The number of carboxylic acids is 1. The van der Waals surface area contributed by atoms with E-state index in [0.29, 0.717) is 31.6 Å². The van der Waals surface area contributed by atoms with Gasteiger partial charge in [0, 0.05) is 12.0 Å². The molecule has 2 unspecified atom stereocenters. The summed E-state index contributed by atoms with van der Waals surface area (Å²) in [7, 11) is 0. The van der Waals surface area contributed by atoms with Crippen molar-refractivity contribution in [2.75, 3.05) is 6.61 Å². The maximum absolute atomic E-state index is 11.7. The maximum atomic E-state index is 11.7. The van der Waals surface area contributed by atoms with Crippen LogP contribution in [0.3, 0.4) is 0 Å². The summed E-state index contributed by atoms with van der Waals surface area (Å²) in [6.45, 7) is 2.09. The van der Waals surface area contributed by atoms with E-state index < -0.39 is 17.5 Å². The van der Waals surface area contributed by atoms with Crippen LogP contribution in [0.15, 0.2) is 24.3 Å². The van der Waals surface area contributed by atoms with Crippen LogP contribution in [0.2, 0.25) is 0 Å². The average molecular weight is 250 g/mol. The highest BCUT2D eigenvalue weighted by Crippen LogP contribution is 2.42. The second-order valence-corrected chi connectivity index (χ2v) is 4.87. The van der Waals surface area contributed by atoms with Gasteiger partial charge in [0.05, 0.1) is 18.1 Å². The quantitative estimate of drug-likeness (QED) is 0.857. The van der Waals surface area contributed by atoms with Gasteiger partial charge >= 0.3 is 5.97 Å². The molecule has 0 aromatic heterocycles. The summed E-state index contributed by atoms with van der Waals surface area (Å²) in [4.78, 5) is 11.7. The molecule has 0 spiro atoms. The zero-order chi connectivity index (χ0) is 13.2. The first kappa shape index (κ1) is 12.9. The molecule has 2 atom stereocenters. The summed E-state index contributed by atoms with van der Waals surface area (Å²) in [6.07, 6.45) is 0.865. The number of carbonyl (C=O) groups is 1. The van der Waals surface area contributed by atoms with Gasteiger partial charge in [0.1, 0.15) is 5.75 Å². The van der Waals surface area contributed by atoms with Gasteiger partial charge in [0.2, 0.25) is 0 Å². The second kappa shape index (κ2) is 4.98. The Hall–Kier alpha value is -1.55. The van der Waals surface area contributed by atoms with Crippen molar-refractivity contribution < 1.29 is 19.7 Å². The minimum absolute atomic E-state index is 0.406. The molecular formula is C14H18O4. The molecule has 4 heteroatoms. The van der Waals surface area contributed by atoms with Gasteiger partial charge in [-0.15, -0.1) is 0 Å². The van der Waals surface area contributed by atoms with E-state index in [4.69, 9.17) is 4.74 Å². The summed E-state index contributed by atoms with van der Waals surface area (Å²) < 4.78 is 5.51. The van der Waals surface area contributed by atoms with E-state index in [1.807, 2.05) is 18.2 Å². The molecule has 1 aromatic rings. The fraction of sp³-hybridized carbons (Fsp3) is 0.500. The van der Waals surface area contributed by atoms with E-state index in [-0.39, 0.29) is 0 Å². The number of carboxylic acid groups (broad SMARTS) is 1. The summed E-state index contributed by atoms with van der Waals surface area (Å²) in [5.41, 5.74) is -0.198. The lowest BCUT2D eigenvalue weighted by atomic mass is 9.72. The summed E-state index contributed by atoms with van der Waals surface area (Å²) >= 11 is 0. The second-order valence-electron chi connectivity index (χ2n) is 4.87. The Morgan fingerprint density at radius 2 is 2.22 bits per heavy atom. The highest BCUT2D eigenvalue weighted by Gasteiger charge is 2.44. The van der Waals surface area contributed by atoms with E-state index in [1.54, 1.807) is 13.0 Å². The third-order valence-electron chi connectivity index (χ3n) is 3.59. The molecule has 2 N–H and O–H groups in total. The van der Waals surface area contributed by atoms with Crippen LogP contribution < -0.4 is 4.74 Å². The fourth-order valence-corrected chi connectivity index (χ4v) is 2.50. The van der Waals surface area contributed by atoms with Gasteiger partial charge in [-0.05, 0) is 25.8 Å². The first-order valence-electron chi connectivity index (χ1n) is 6.20. The Bertz CT molecular complexity index is 441. The third kappa shape index (κ3) is 2.20. The molecular weight excluding hydrogens is 232 g/mol. The number of rotatable bonds is 4. The molecule has 1 aliphatic rings. The van der Waals surface area contributed by atoms with Crippen LogP contribution in [0.25, 0.3) is 0 Å². The van der Waals surface area contributed by atoms with E-state index in [2.05, 4.69) is 0 Å². The number of benzene rings is 1. The third-order valence-corrected chi connectivity index (χ3v) is 3.59. The van der Waals surface area contributed by atoms with Crippen molar-refractivity contribution in [1.29, 1.82) is 0 Å². The molecule has 0 saturated heterocycles. The molecule has 4 nitrogen and oxygen atoms in total. The van der Waals surface area contributed by atoms with Gasteiger partial charge in [-0.1, -0.05) is 18.2 Å². The standard InChI is InChI=1S/C14H18O4/c1-10(15)6-7-14(13(16)17)8-9-18-12-5-3-2-4-11(12)14/h2-5,10,15H,6-9H2,1H3,(H,16,17). The van der Waals surface area contributed by atoms with Crippen LogP contribution in [-0.4, -0.2) is 28.9 Å². The molecule has 98 valence electrons. The van der Waals surface area contributed by atoms with Gasteiger partial charge in [-0.3, -0.25) is 4.79 Å². The van der Waals surface area contributed by atoms with E-state index in [1.165, 1.54) is 0 Å². The van der Waals surface area contributed by atoms with Crippen LogP contribution in [0.4, 0.5) is 0 Å². The molecule has 0 aliphatic carbocycles. The first-order valence-corrected chi connectivity index (χ1v) is 6.20. The highest BCUT2D eigenvalue weighted by molar-refractivity contribution is 5.83. The predicted molar refractivity (Wildman–Crippen MR) is 66.8 cm³/mol. The number of ether oxygens (including phenoxy) is 1. The lowest BCUT2D eigenvalue weighted by Gasteiger charge is -2.35. The van der Waals surface area contributed by atoms with Gasteiger partial charge < -0.3 is 14.9 Å². The molecule has 0 bridgehead atoms. The monoisotopic (exact) mass is 250 g/mol. The Kier molecular flexibility index (Phi) is 3.57. The number of aliphatic hydroxyl groups excluding tert-OH is 1. The molecule has 0 radical (unpaired) electrons. The minimum Gasteiger partial charge on any atom is -0.493 e. The lowest BCUT2D eigenvalue weighted by molar-refractivity contribution is -0.145. The molecule has 18 heavy (non-hydrogen) atoms. The van der Waals surface area contributed by atoms with Gasteiger partial charge in [0.25, 0.3) is 0 Å². The molecule has 0 fully saturated rings. The van der Waals surface area contributed by atoms with Gasteiger partial charge in [0.15, 0.2) is 0 Å². The van der Waals surface area contributed by atoms with Crippen LogP contribution in [0.5, 0.6) is 5.75 Å². The van der Waals surface area contributed by atoms with Crippen molar-refractivity contribution in [2.24, 2.45) is 0 Å². The Balaban J connectivity index is 2.39. The van der Waals surface area contributed by atoms with Crippen molar-refractivity contribution in [3.63, 3.8) is 0 Å². The molecule has 1 heterocycles. The predicted octanol–water partition coefficient (Wildman–Crippen LogP) is 1.95. The van der Waals surface area contributed by atoms with E-state index in [0.717, 1.165) is 5.56 Å². The Labute approximate surface area is 106 Å². The molecule has 0 amide bonds. The number of aliphatic hydroxyl groups is 1.